The number of nitrogens with zero attached hydrogens (tertiary/aromatic N) is 3. The van der Waals surface area contributed by atoms with Crippen molar-refractivity contribution in [3.8, 4) is 67.5 Å². The molecule has 1 aromatic heterocycles. The van der Waals surface area contributed by atoms with Crippen LogP contribution in [0.2, 0.25) is 0 Å². The van der Waals surface area contributed by atoms with Gasteiger partial charge in [-0.25, -0.2) is 15.0 Å². The van der Waals surface area contributed by atoms with Gasteiger partial charge in [0.05, 0.1) is 0 Å². The molecule has 0 bridgehead atoms. The number of hydrogen-bond acceptors (Lipinski definition) is 3. The second-order valence-corrected chi connectivity index (χ2v) is 11.2. The summed E-state index contributed by atoms with van der Waals surface area (Å²) in [5.74, 6) is 1.92. The molecule has 0 aliphatic carbocycles. The molecule has 3 nitrogen and oxygen atoms in total. The lowest BCUT2D eigenvalue weighted by atomic mass is 10.0. The van der Waals surface area contributed by atoms with Crippen molar-refractivity contribution in [2.45, 2.75) is 0 Å². The lowest BCUT2D eigenvalue weighted by Gasteiger charge is -2.10. The van der Waals surface area contributed by atoms with Crippen LogP contribution in [0, 0.1) is 0 Å². The molecule has 0 radical (unpaired) electrons. The first-order chi connectivity index (χ1) is 21.2. The van der Waals surface area contributed by atoms with Gasteiger partial charge in [-0.2, -0.15) is 0 Å². The maximum atomic E-state index is 4.95. The first-order valence-corrected chi connectivity index (χ1v) is 14.9. The molecule has 0 spiro atoms. The Morgan fingerprint density at radius 3 is 0.953 bits per heavy atom. The van der Waals surface area contributed by atoms with Gasteiger partial charge in [-0.05, 0) is 45.5 Å². The Balaban J connectivity index is 1.28. The zero-order valence-corrected chi connectivity index (χ0v) is 24.8. The molecular weight excluding hydrogens is 590 g/mol. The Morgan fingerprint density at radius 1 is 0.279 bits per heavy atom. The fourth-order valence-corrected chi connectivity index (χ4v) is 5.53. The zero-order chi connectivity index (χ0) is 29.0. The molecule has 0 saturated heterocycles. The molecule has 0 N–H and O–H groups in total. The highest BCUT2D eigenvalue weighted by atomic mass is 79.9. The van der Waals surface area contributed by atoms with Crippen molar-refractivity contribution >= 4 is 15.9 Å². The summed E-state index contributed by atoms with van der Waals surface area (Å²) in [5, 5.41) is 0. The Morgan fingerprint density at radius 2 is 0.581 bits per heavy atom. The van der Waals surface area contributed by atoms with Crippen molar-refractivity contribution < 1.29 is 0 Å². The average Bonchev–Trinajstić information content (AvgIpc) is 3.09. The van der Waals surface area contributed by atoms with Crippen molar-refractivity contribution in [3.63, 3.8) is 0 Å². The van der Waals surface area contributed by atoms with Gasteiger partial charge in [0.2, 0.25) is 0 Å². The number of hydrogen-bond donors (Lipinski definition) is 0. The van der Waals surface area contributed by atoms with Gasteiger partial charge >= 0.3 is 0 Å². The molecule has 0 aliphatic heterocycles. The van der Waals surface area contributed by atoms with Gasteiger partial charge in [-0.15, -0.1) is 0 Å². The van der Waals surface area contributed by atoms with Crippen LogP contribution >= 0.6 is 15.9 Å². The van der Waals surface area contributed by atoms with Crippen LogP contribution in [0.3, 0.4) is 0 Å². The van der Waals surface area contributed by atoms with E-state index in [9.17, 15) is 0 Å². The molecule has 6 aromatic carbocycles. The van der Waals surface area contributed by atoms with E-state index in [0.717, 1.165) is 43.4 Å². The van der Waals surface area contributed by atoms with Crippen molar-refractivity contribution in [2.75, 3.05) is 0 Å². The summed E-state index contributed by atoms with van der Waals surface area (Å²) in [6.07, 6.45) is 0. The lowest BCUT2D eigenvalue weighted by molar-refractivity contribution is 1.07. The topological polar surface area (TPSA) is 38.7 Å². The van der Waals surface area contributed by atoms with Crippen LogP contribution < -0.4 is 0 Å². The van der Waals surface area contributed by atoms with E-state index in [2.05, 4.69) is 149 Å². The largest absolute Gasteiger partial charge is 0.208 e. The molecule has 43 heavy (non-hydrogen) atoms. The molecule has 204 valence electrons. The predicted octanol–water partition coefficient (Wildman–Crippen LogP) is 10.6. The predicted molar refractivity (Wildman–Crippen MR) is 180 cm³/mol. The van der Waals surface area contributed by atoms with E-state index in [4.69, 9.17) is 15.0 Å². The third kappa shape index (κ3) is 5.92. The van der Waals surface area contributed by atoms with Crippen molar-refractivity contribution in [2.24, 2.45) is 0 Å². The quantitative estimate of drug-likeness (QED) is 0.187. The fraction of sp³-hybridized carbons (Fsp3) is 0. The highest BCUT2D eigenvalue weighted by molar-refractivity contribution is 9.10. The molecule has 0 amide bonds. The van der Waals surface area contributed by atoms with Crippen LogP contribution in [0.5, 0.6) is 0 Å². The van der Waals surface area contributed by atoms with Crippen molar-refractivity contribution in [3.05, 3.63) is 162 Å². The minimum atomic E-state index is 0.639. The van der Waals surface area contributed by atoms with E-state index in [1.807, 2.05) is 24.3 Å². The van der Waals surface area contributed by atoms with Gasteiger partial charge in [-0.3, -0.25) is 0 Å². The average molecular weight is 617 g/mol. The van der Waals surface area contributed by atoms with Crippen LogP contribution in [-0.2, 0) is 0 Å². The first-order valence-electron chi connectivity index (χ1n) is 14.1. The van der Waals surface area contributed by atoms with Gasteiger partial charge < -0.3 is 0 Å². The van der Waals surface area contributed by atoms with E-state index < -0.39 is 0 Å². The summed E-state index contributed by atoms with van der Waals surface area (Å²) in [4.78, 5) is 14.9. The van der Waals surface area contributed by atoms with Gasteiger partial charge in [0.1, 0.15) is 0 Å². The fourth-order valence-electron chi connectivity index (χ4n) is 5.13. The van der Waals surface area contributed by atoms with Gasteiger partial charge in [0, 0.05) is 21.2 Å². The second kappa shape index (κ2) is 12.0. The van der Waals surface area contributed by atoms with Gasteiger partial charge in [0.25, 0.3) is 0 Å². The molecule has 7 rings (SSSR count). The molecule has 0 atom stereocenters. The van der Waals surface area contributed by atoms with Crippen molar-refractivity contribution in [1.82, 2.24) is 15.0 Å². The summed E-state index contributed by atoms with van der Waals surface area (Å²) in [5.41, 5.74) is 9.75. The maximum absolute atomic E-state index is 4.95. The highest BCUT2D eigenvalue weighted by Gasteiger charge is 2.13. The Hall–Kier alpha value is -5.19. The molecule has 0 unspecified atom stereocenters. The monoisotopic (exact) mass is 615 g/mol. The molecule has 0 saturated carbocycles. The summed E-state index contributed by atoms with van der Waals surface area (Å²) in [6, 6.07) is 54.3. The molecule has 7 aromatic rings. The van der Waals surface area contributed by atoms with Gasteiger partial charge in [0.15, 0.2) is 17.5 Å². The highest BCUT2D eigenvalue weighted by Crippen LogP contribution is 2.30. The Kier molecular flexibility index (Phi) is 7.43. The Bertz CT molecular complexity index is 1890. The van der Waals surface area contributed by atoms with E-state index in [-0.39, 0.29) is 0 Å². The Labute approximate surface area is 259 Å². The summed E-state index contributed by atoms with van der Waals surface area (Å²) < 4.78 is 1.05. The van der Waals surface area contributed by atoms with Crippen LogP contribution in [0.15, 0.2) is 162 Å². The van der Waals surface area contributed by atoms with Crippen LogP contribution in [0.4, 0.5) is 0 Å². The molecule has 1 heterocycles. The van der Waals surface area contributed by atoms with E-state index in [0.29, 0.717) is 17.5 Å². The van der Waals surface area contributed by atoms with Crippen molar-refractivity contribution in [1.29, 1.82) is 0 Å². The molecule has 0 aliphatic rings. The van der Waals surface area contributed by atoms with Crippen LogP contribution in [0.1, 0.15) is 0 Å². The van der Waals surface area contributed by atoms with Crippen LogP contribution in [0.25, 0.3) is 67.5 Å². The van der Waals surface area contributed by atoms with Crippen LogP contribution in [-0.4, -0.2) is 15.0 Å². The first kappa shape index (κ1) is 26.7. The molecule has 4 heteroatoms. The number of aromatic nitrogens is 3. The number of rotatable bonds is 6. The normalized spacial score (nSPS) is 10.9. The molecule has 0 fully saturated rings. The summed E-state index contributed by atoms with van der Waals surface area (Å²) in [7, 11) is 0. The second-order valence-electron chi connectivity index (χ2n) is 10.3. The number of benzene rings is 6. The SMILES string of the molecule is Brc1cccc(-c2ccc(-c3nc(-c4ccc(-c5ccccc5)cc4)nc(-c4ccc(-c5ccccc5)cc4)n3)cc2)c1. The van der Waals surface area contributed by atoms with E-state index in [1.54, 1.807) is 0 Å². The van der Waals surface area contributed by atoms with E-state index >= 15 is 0 Å². The standard InChI is InChI=1S/C39H26BrN3/c40-36-13-7-12-35(26-36)31-18-24-34(25-19-31)39-42-37(32-20-14-29(15-21-32)27-8-3-1-4-9-27)41-38(43-39)33-22-16-30(17-23-33)28-10-5-2-6-11-28/h1-26H. The third-order valence-corrected chi connectivity index (χ3v) is 7.93. The zero-order valence-electron chi connectivity index (χ0n) is 23.2. The number of halogens is 1. The minimum Gasteiger partial charge on any atom is -0.208 e. The summed E-state index contributed by atoms with van der Waals surface area (Å²) in [6.45, 7) is 0. The van der Waals surface area contributed by atoms with Gasteiger partial charge in [-0.1, -0.05) is 162 Å². The van der Waals surface area contributed by atoms with E-state index in [1.165, 1.54) is 11.1 Å². The smallest absolute Gasteiger partial charge is 0.164 e. The maximum Gasteiger partial charge on any atom is 0.164 e. The lowest BCUT2D eigenvalue weighted by Crippen LogP contribution is -2.00. The minimum absolute atomic E-state index is 0.639. The third-order valence-electron chi connectivity index (χ3n) is 7.44. The molecular formula is C39H26BrN3. The summed E-state index contributed by atoms with van der Waals surface area (Å²) >= 11 is 3.58.